The number of halogens is 1. The fourth-order valence-corrected chi connectivity index (χ4v) is 3.20. The van der Waals surface area contributed by atoms with Crippen LogP contribution in [0.25, 0.3) is 16.5 Å². The molecule has 1 amide bonds. The van der Waals surface area contributed by atoms with E-state index in [2.05, 4.69) is 10.4 Å². The highest BCUT2D eigenvalue weighted by molar-refractivity contribution is 6.32. The van der Waals surface area contributed by atoms with Gasteiger partial charge in [-0.15, -0.1) is 0 Å². The number of aromatic nitrogens is 2. The summed E-state index contributed by atoms with van der Waals surface area (Å²) in [7, 11) is 0. The minimum absolute atomic E-state index is 0.101. The maximum absolute atomic E-state index is 13.0. The lowest BCUT2D eigenvalue weighted by molar-refractivity contribution is 0.102. The smallest absolute Gasteiger partial charge is 0.279 e. The Balaban J connectivity index is 1.83. The highest BCUT2D eigenvalue weighted by atomic mass is 35.5. The van der Waals surface area contributed by atoms with E-state index in [1.165, 1.54) is 16.8 Å². The Kier molecular flexibility index (Phi) is 4.82. The minimum atomic E-state index is -0.494. The molecule has 3 aromatic carbocycles. The van der Waals surface area contributed by atoms with E-state index < -0.39 is 5.91 Å². The first-order valence-electron chi connectivity index (χ1n) is 8.67. The van der Waals surface area contributed by atoms with E-state index in [1.807, 2.05) is 12.1 Å². The molecule has 1 N–H and O–H groups in total. The van der Waals surface area contributed by atoms with Crippen LogP contribution in [0.4, 0.5) is 5.69 Å². The third-order valence-corrected chi connectivity index (χ3v) is 4.68. The van der Waals surface area contributed by atoms with Gasteiger partial charge in [0.1, 0.15) is 6.07 Å². The predicted molar refractivity (Wildman–Crippen MR) is 111 cm³/mol. The van der Waals surface area contributed by atoms with Gasteiger partial charge in [-0.05, 0) is 36.4 Å². The lowest BCUT2D eigenvalue weighted by atomic mass is 10.1. The molecule has 0 saturated heterocycles. The number of rotatable bonds is 3. The Morgan fingerprint density at radius 1 is 1.00 bits per heavy atom. The van der Waals surface area contributed by atoms with Crippen molar-refractivity contribution in [2.24, 2.45) is 0 Å². The summed E-state index contributed by atoms with van der Waals surface area (Å²) in [5.74, 6) is -0.494. The van der Waals surface area contributed by atoms with Crippen molar-refractivity contribution in [3.05, 3.63) is 99.4 Å². The molecule has 0 bridgehead atoms. The summed E-state index contributed by atoms with van der Waals surface area (Å²) in [5, 5.41) is 17.1. The first kappa shape index (κ1) is 18.4. The van der Waals surface area contributed by atoms with E-state index in [9.17, 15) is 9.59 Å². The van der Waals surface area contributed by atoms with Crippen molar-refractivity contribution in [1.82, 2.24) is 9.78 Å². The molecular weight excluding hydrogens is 388 g/mol. The van der Waals surface area contributed by atoms with E-state index in [0.29, 0.717) is 27.7 Å². The largest absolute Gasteiger partial charge is 0.321 e. The van der Waals surface area contributed by atoms with Crippen LogP contribution < -0.4 is 10.9 Å². The van der Waals surface area contributed by atoms with Gasteiger partial charge in [0.25, 0.3) is 11.5 Å². The highest BCUT2D eigenvalue weighted by Gasteiger charge is 2.18. The number of nitrogens with zero attached hydrogens (tertiary/aromatic N) is 3. The molecule has 7 heteroatoms. The highest BCUT2D eigenvalue weighted by Crippen LogP contribution is 2.22. The third kappa shape index (κ3) is 3.47. The molecule has 4 rings (SSSR count). The number of hydrogen-bond donors (Lipinski definition) is 1. The van der Waals surface area contributed by atoms with Gasteiger partial charge in [-0.1, -0.05) is 48.0 Å². The molecule has 0 atom stereocenters. The van der Waals surface area contributed by atoms with Crippen molar-refractivity contribution < 1.29 is 4.79 Å². The maximum Gasteiger partial charge on any atom is 0.279 e. The molecule has 1 heterocycles. The van der Waals surface area contributed by atoms with Crippen LogP contribution in [0.15, 0.2) is 77.6 Å². The average molecular weight is 401 g/mol. The van der Waals surface area contributed by atoms with Crippen molar-refractivity contribution in [1.29, 1.82) is 5.26 Å². The van der Waals surface area contributed by atoms with Gasteiger partial charge in [-0.25, -0.2) is 0 Å². The third-order valence-electron chi connectivity index (χ3n) is 4.37. The van der Waals surface area contributed by atoms with Crippen molar-refractivity contribution in [3.8, 4) is 11.8 Å². The SMILES string of the molecule is N#Cc1ccc(NC(=O)c2nn(-c3ccccc3)c(=O)c3ccccc23)cc1Cl. The number of fused-ring (bicyclic) bond motifs is 1. The molecule has 0 radical (unpaired) electrons. The Morgan fingerprint density at radius 3 is 2.38 bits per heavy atom. The predicted octanol–water partition coefficient (Wildman–Crippen LogP) is 4.16. The van der Waals surface area contributed by atoms with Crippen LogP contribution in [0.5, 0.6) is 0 Å². The van der Waals surface area contributed by atoms with Gasteiger partial charge in [-0.3, -0.25) is 9.59 Å². The summed E-state index contributed by atoms with van der Waals surface area (Å²) in [6.45, 7) is 0. The van der Waals surface area contributed by atoms with Crippen molar-refractivity contribution >= 4 is 34.0 Å². The van der Waals surface area contributed by atoms with E-state index in [4.69, 9.17) is 16.9 Å². The number of para-hydroxylation sites is 1. The Hall–Kier alpha value is -3.95. The van der Waals surface area contributed by atoms with Gasteiger partial charge in [0, 0.05) is 11.1 Å². The molecular formula is C22H13ClN4O2. The molecule has 0 aliphatic rings. The second-order valence-corrected chi connectivity index (χ2v) is 6.61. The average Bonchev–Trinajstić information content (AvgIpc) is 2.75. The fraction of sp³-hybridized carbons (Fsp3) is 0. The molecule has 0 unspecified atom stereocenters. The Morgan fingerprint density at radius 2 is 1.69 bits per heavy atom. The molecule has 0 saturated carbocycles. The molecule has 0 fully saturated rings. The molecule has 0 aliphatic heterocycles. The molecule has 1 aromatic heterocycles. The normalized spacial score (nSPS) is 10.5. The maximum atomic E-state index is 13.0. The summed E-state index contributed by atoms with van der Waals surface area (Å²) < 4.78 is 1.21. The number of nitriles is 1. The number of nitrogens with one attached hydrogen (secondary N) is 1. The van der Waals surface area contributed by atoms with E-state index >= 15 is 0 Å². The number of anilines is 1. The van der Waals surface area contributed by atoms with Gasteiger partial charge in [-0.2, -0.15) is 15.0 Å². The number of carbonyl (C=O) groups is 1. The molecule has 0 aliphatic carbocycles. The molecule has 0 spiro atoms. The number of benzene rings is 3. The first-order chi connectivity index (χ1) is 14.1. The van der Waals surface area contributed by atoms with Gasteiger partial charge < -0.3 is 5.32 Å². The topological polar surface area (TPSA) is 87.8 Å². The minimum Gasteiger partial charge on any atom is -0.321 e. The van der Waals surface area contributed by atoms with E-state index in [1.54, 1.807) is 54.6 Å². The van der Waals surface area contributed by atoms with Crippen LogP contribution in [-0.4, -0.2) is 15.7 Å². The zero-order valence-corrected chi connectivity index (χ0v) is 15.7. The summed E-state index contributed by atoms with van der Waals surface area (Å²) >= 11 is 6.05. The first-order valence-corrected chi connectivity index (χ1v) is 9.05. The van der Waals surface area contributed by atoms with E-state index in [0.717, 1.165) is 0 Å². The van der Waals surface area contributed by atoms with Crippen LogP contribution in [0.1, 0.15) is 16.1 Å². The van der Waals surface area contributed by atoms with Crippen molar-refractivity contribution in [3.63, 3.8) is 0 Å². The Bertz CT molecular complexity index is 1340. The van der Waals surface area contributed by atoms with Gasteiger partial charge >= 0.3 is 0 Å². The van der Waals surface area contributed by atoms with Crippen LogP contribution in [0, 0.1) is 11.3 Å². The molecule has 140 valence electrons. The second-order valence-electron chi connectivity index (χ2n) is 6.21. The summed E-state index contributed by atoms with van der Waals surface area (Å²) in [4.78, 5) is 25.9. The van der Waals surface area contributed by atoms with Gasteiger partial charge in [0.2, 0.25) is 0 Å². The Labute approximate surface area is 170 Å². The van der Waals surface area contributed by atoms with E-state index in [-0.39, 0.29) is 16.3 Å². The zero-order valence-electron chi connectivity index (χ0n) is 15.0. The molecule has 6 nitrogen and oxygen atoms in total. The summed E-state index contributed by atoms with van der Waals surface area (Å²) in [6.07, 6.45) is 0. The van der Waals surface area contributed by atoms with Crippen molar-refractivity contribution in [2.75, 3.05) is 5.32 Å². The number of hydrogen-bond acceptors (Lipinski definition) is 4. The molecule has 29 heavy (non-hydrogen) atoms. The number of carbonyl (C=O) groups excluding carboxylic acids is 1. The van der Waals surface area contributed by atoms with Crippen molar-refractivity contribution in [2.45, 2.75) is 0 Å². The van der Waals surface area contributed by atoms with Crippen LogP contribution in [-0.2, 0) is 0 Å². The quantitative estimate of drug-likeness (QED) is 0.559. The zero-order chi connectivity index (χ0) is 20.4. The molecule has 4 aromatic rings. The summed E-state index contributed by atoms with van der Waals surface area (Å²) in [6, 6.07) is 22.3. The lowest BCUT2D eigenvalue weighted by Gasteiger charge is -2.11. The second kappa shape index (κ2) is 7.58. The van der Waals surface area contributed by atoms with Crippen LogP contribution in [0.3, 0.4) is 0 Å². The lowest BCUT2D eigenvalue weighted by Crippen LogP contribution is -2.26. The fourth-order valence-electron chi connectivity index (χ4n) is 2.98. The standard InChI is InChI=1S/C22H13ClN4O2/c23-19-12-15(11-10-14(19)13-24)25-21(28)20-17-8-4-5-9-18(17)22(29)27(26-20)16-6-2-1-3-7-16/h1-12H,(H,25,28). The van der Waals surface area contributed by atoms with Crippen LogP contribution >= 0.6 is 11.6 Å². The monoisotopic (exact) mass is 400 g/mol. The van der Waals surface area contributed by atoms with Crippen LogP contribution in [0.2, 0.25) is 5.02 Å². The number of amides is 1. The van der Waals surface area contributed by atoms with Gasteiger partial charge in [0.15, 0.2) is 5.69 Å². The summed E-state index contributed by atoms with van der Waals surface area (Å²) in [5.41, 5.74) is 1.07. The van der Waals surface area contributed by atoms with Gasteiger partial charge in [0.05, 0.1) is 21.7 Å².